The van der Waals surface area contributed by atoms with E-state index in [1.54, 1.807) is 30.3 Å². The van der Waals surface area contributed by atoms with Crippen LogP contribution in [0.4, 0.5) is 0 Å². The van der Waals surface area contributed by atoms with Gasteiger partial charge in [0.1, 0.15) is 22.9 Å². The Morgan fingerprint density at radius 3 is 2.27 bits per heavy atom. The number of hydrogen-bond donors (Lipinski definition) is 1. The molecule has 0 radical (unpaired) electrons. The first kappa shape index (κ1) is 26.0. The van der Waals surface area contributed by atoms with Crippen LogP contribution in [0.25, 0.3) is 33.6 Å². The van der Waals surface area contributed by atoms with Crippen LogP contribution < -0.4 is 9.30 Å². The molecular weight excluding hydrogens is 494 g/mol. The van der Waals surface area contributed by atoms with E-state index in [9.17, 15) is 22.9 Å². The summed E-state index contributed by atoms with van der Waals surface area (Å²) in [5, 5.41) is 9.31. The predicted molar refractivity (Wildman–Crippen MR) is 136 cm³/mol. The van der Waals surface area contributed by atoms with Gasteiger partial charge in [0, 0.05) is 22.8 Å². The molecule has 4 aromatic rings. The average molecular weight is 520 g/mol. The Morgan fingerprint density at radius 1 is 0.946 bits per heavy atom. The van der Waals surface area contributed by atoms with E-state index < -0.39 is 21.0 Å². The molecule has 1 aliphatic rings. The van der Waals surface area contributed by atoms with Crippen molar-refractivity contribution in [3.63, 3.8) is 0 Å². The summed E-state index contributed by atoms with van der Waals surface area (Å²) in [5.41, 5.74) is 7.53. The fourth-order valence-electron chi connectivity index (χ4n) is 4.95. The molecule has 0 saturated heterocycles. The van der Waals surface area contributed by atoms with Crippen LogP contribution in [0.1, 0.15) is 21.5 Å². The van der Waals surface area contributed by atoms with Crippen LogP contribution in [-0.4, -0.2) is 36.6 Å². The number of benzene rings is 3. The SMILES string of the molecule is COc1ccc(-c2cc(-c3ccc(C(=O)O)cc3)[n+](C)c3c2CCc2ccccc2-3)cc1S(=O)(=O)[O-].O. The van der Waals surface area contributed by atoms with Crippen molar-refractivity contribution in [2.75, 3.05) is 7.11 Å². The van der Waals surface area contributed by atoms with Gasteiger partial charge in [-0.25, -0.2) is 13.2 Å². The van der Waals surface area contributed by atoms with Crippen LogP contribution in [0.15, 0.2) is 77.7 Å². The lowest BCUT2D eigenvalue weighted by Crippen LogP contribution is -2.37. The van der Waals surface area contributed by atoms with E-state index >= 15 is 0 Å². The van der Waals surface area contributed by atoms with Crippen molar-refractivity contribution in [1.82, 2.24) is 0 Å². The van der Waals surface area contributed by atoms with Gasteiger partial charge in [-0.15, -0.1) is 0 Å². The Kier molecular flexibility index (Phi) is 6.88. The molecular formula is C28H25NO7S. The zero-order valence-corrected chi connectivity index (χ0v) is 21.0. The molecule has 0 fully saturated rings. The summed E-state index contributed by atoms with van der Waals surface area (Å²) in [6.07, 6.45) is 1.56. The zero-order chi connectivity index (χ0) is 25.6. The molecule has 0 unspecified atom stereocenters. The van der Waals surface area contributed by atoms with Crippen LogP contribution in [0.5, 0.6) is 5.75 Å². The van der Waals surface area contributed by atoms with Crippen molar-refractivity contribution in [3.8, 4) is 39.4 Å². The molecule has 5 rings (SSSR count). The number of methoxy groups -OCH3 is 1. The number of carboxylic acids is 1. The Balaban J connectivity index is 0.00000320. The van der Waals surface area contributed by atoms with E-state index in [1.807, 2.05) is 25.2 Å². The third kappa shape index (κ3) is 4.60. The minimum atomic E-state index is -4.77. The van der Waals surface area contributed by atoms with E-state index in [0.29, 0.717) is 5.56 Å². The summed E-state index contributed by atoms with van der Waals surface area (Å²) < 4.78 is 43.2. The molecule has 190 valence electrons. The summed E-state index contributed by atoms with van der Waals surface area (Å²) in [7, 11) is -1.48. The highest BCUT2D eigenvalue weighted by Gasteiger charge is 2.30. The number of pyridine rings is 1. The normalized spacial score (nSPS) is 12.2. The summed E-state index contributed by atoms with van der Waals surface area (Å²) in [6.45, 7) is 0. The van der Waals surface area contributed by atoms with E-state index in [1.165, 1.54) is 24.8 Å². The molecule has 0 atom stereocenters. The summed E-state index contributed by atoms with van der Waals surface area (Å²) in [5.74, 6) is -1.01. The maximum absolute atomic E-state index is 12.0. The Hall–Kier alpha value is -4.05. The quantitative estimate of drug-likeness (QED) is 0.317. The number of ether oxygens (including phenoxy) is 1. The molecule has 0 aliphatic heterocycles. The molecule has 0 saturated carbocycles. The lowest BCUT2D eigenvalue weighted by molar-refractivity contribution is -0.649. The molecule has 1 aromatic heterocycles. The third-order valence-electron chi connectivity index (χ3n) is 6.68. The van der Waals surface area contributed by atoms with Gasteiger partial charge in [-0.2, -0.15) is 4.57 Å². The summed E-state index contributed by atoms with van der Waals surface area (Å²) in [4.78, 5) is 10.9. The van der Waals surface area contributed by atoms with E-state index in [0.717, 1.165) is 46.5 Å². The van der Waals surface area contributed by atoms with Gasteiger partial charge in [0.25, 0.3) is 0 Å². The van der Waals surface area contributed by atoms with Crippen LogP contribution in [0.3, 0.4) is 0 Å². The number of aryl methyl sites for hydroxylation is 1. The number of aromatic nitrogens is 1. The van der Waals surface area contributed by atoms with Crippen molar-refractivity contribution >= 4 is 16.1 Å². The van der Waals surface area contributed by atoms with Gasteiger partial charge in [-0.3, -0.25) is 0 Å². The third-order valence-corrected chi connectivity index (χ3v) is 7.53. The molecule has 9 heteroatoms. The minimum absolute atomic E-state index is 0. The van der Waals surface area contributed by atoms with Crippen LogP contribution in [-0.2, 0) is 30.0 Å². The average Bonchev–Trinajstić information content (AvgIpc) is 2.88. The van der Waals surface area contributed by atoms with Crippen molar-refractivity contribution < 1.29 is 37.7 Å². The molecule has 0 amide bonds. The first-order chi connectivity index (χ1) is 17.2. The number of carbonyl (C=O) groups is 1. The van der Waals surface area contributed by atoms with E-state index in [2.05, 4.69) is 16.7 Å². The van der Waals surface area contributed by atoms with Gasteiger partial charge in [0.15, 0.2) is 0 Å². The fourth-order valence-corrected chi connectivity index (χ4v) is 5.62. The van der Waals surface area contributed by atoms with Gasteiger partial charge in [-0.05, 0) is 72.0 Å². The highest BCUT2D eigenvalue weighted by Crippen LogP contribution is 2.40. The second-order valence-electron chi connectivity index (χ2n) is 8.69. The lowest BCUT2D eigenvalue weighted by Gasteiger charge is -2.22. The van der Waals surface area contributed by atoms with Gasteiger partial charge in [-0.1, -0.05) is 24.3 Å². The van der Waals surface area contributed by atoms with Gasteiger partial charge in [0.2, 0.25) is 11.4 Å². The second-order valence-corrected chi connectivity index (χ2v) is 10.0. The maximum Gasteiger partial charge on any atom is 0.335 e. The Labute approximate surface area is 214 Å². The first-order valence-corrected chi connectivity index (χ1v) is 12.7. The molecule has 3 aromatic carbocycles. The molecule has 3 N–H and O–H groups in total. The van der Waals surface area contributed by atoms with Crippen LogP contribution in [0.2, 0.25) is 0 Å². The number of nitrogens with zero attached hydrogens (tertiary/aromatic N) is 1. The number of rotatable bonds is 5. The predicted octanol–water partition coefficient (Wildman–Crippen LogP) is 3.40. The topological polar surface area (TPSA) is 139 Å². The molecule has 0 bridgehead atoms. The zero-order valence-electron chi connectivity index (χ0n) is 20.2. The standard InChI is InChI=1S/C28H23NO6S.H2O/c1-29-24(18-7-9-19(10-8-18)28(30)31)16-23(20-12-14-25(35-2)26(15-20)36(32,33)34)22-13-11-17-5-3-4-6-21(17)27(22)29;/h3-10,12,14-16H,11,13H2,1-2H3,(H-,30,31,32,33,34);1H2. The highest BCUT2D eigenvalue weighted by atomic mass is 32.2. The first-order valence-electron chi connectivity index (χ1n) is 11.3. The van der Waals surface area contributed by atoms with Crippen LogP contribution in [0, 0.1) is 0 Å². The largest absolute Gasteiger partial charge is 0.744 e. The summed E-state index contributed by atoms with van der Waals surface area (Å²) in [6, 6.07) is 21.4. The fraction of sp³-hybridized carbons (Fsp3) is 0.143. The van der Waals surface area contributed by atoms with Gasteiger partial charge >= 0.3 is 5.97 Å². The summed E-state index contributed by atoms with van der Waals surface area (Å²) >= 11 is 0. The number of hydrogen-bond acceptors (Lipinski definition) is 5. The minimum Gasteiger partial charge on any atom is -0.744 e. The van der Waals surface area contributed by atoms with Crippen molar-refractivity contribution in [2.24, 2.45) is 7.05 Å². The highest BCUT2D eigenvalue weighted by molar-refractivity contribution is 7.85. The van der Waals surface area contributed by atoms with Crippen molar-refractivity contribution in [3.05, 3.63) is 89.5 Å². The second kappa shape index (κ2) is 9.78. The smallest absolute Gasteiger partial charge is 0.335 e. The number of fused-ring (bicyclic) bond motifs is 3. The molecule has 37 heavy (non-hydrogen) atoms. The lowest BCUT2D eigenvalue weighted by atomic mass is 9.83. The van der Waals surface area contributed by atoms with E-state index in [-0.39, 0.29) is 16.8 Å². The molecule has 0 spiro atoms. The monoisotopic (exact) mass is 519 g/mol. The number of carboxylic acid groups (broad SMARTS) is 1. The number of aromatic carboxylic acids is 1. The van der Waals surface area contributed by atoms with Gasteiger partial charge < -0.3 is 19.9 Å². The maximum atomic E-state index is 12.0. The molecule has 8 nitrogen and oxygen atoms in total. The van der Waals surface area contributed by atoms with Crippen molar-refractivity contribution in [1.29, 1.82) is 0 Å². The van der Waals surface area contributed by atoms with E-state index in [4.69, 9.17) is 4.74 Å². The van der Waals surface area contributed by atoms with Crippen LogP contribution >= 0.6 is 0 Å². The Bertz CT molecular complexity index is 1630. The van der Waals surface area contributed by atoms with Crippen molar-refractivity contribution in [2.45, 2.75) is 17.7 Å². The Morgan fingerprint density at radius 2 is 1.62 bits per heavy atom. The molecule has 1 aliphatic carbocycles. The molecule has 1 heterocycles. The van der Waals surface area contributed by atoms with Gasteiger partial charge in [0.05, 0.1) is 17.6 Å².